The molecule has 2 aromatic heterocycles. The van der Waals surface area contributed by atoms with Crippen LogP contribution in [-0.4, -0.2) is 9.55 Å². The minimum Gasteiger partial charge on any atom is -0.331 e. The van der Waals surface area contributed by atoms with Crippen LogP contribution in [-0.2, 0) is 0 Å². The van der Waals surface area contributed by atoms with E-state index in [0.29, 0.717) is 20.4 Å². The second-order valence-electron chi connectivity index (χ2n) is 3.83. The van der Waals surface area contributed by atoms with Crippen molar-refractivity contribution in [3.8, 4) is 5.69 Å². The van der Waals surface area contributed by atoms with E-state index in [-0.39, 0.29) is 10.3 Å². The van der Waals surface area contributed by atoms with Gasteiger partial charge in [-0.1, -0.05) is 0 Å². The molecule has 96 valence electrons. The predicted octanol–water partition coefficient (Wildman–Crippen LogP) is 4.01. The van der Waals surface area contributed by atoms with Gasteiger partial charge in [0, 0.05) is 4.47 Å². The molecule has 0 radical (unpaired) electrons. The Morgan fingerprint density at radius 2 is 2.16 bits per heavy atom. The van der Waals surface area contributed by atoms with Crippen LogP contribution >= 0.6 is 39.5 Å². The first kappa shape index (κ1) is 12.7. The van der Waals surface area contributed by atoms with Crippen molar-refractivity contribution in [1.29, 1.82) is 0 Å². The van der Waals surface area contributed by atoms with Crippen molar-refractivity contribution in [2.75, 3.05) is 0 Å². The SMILES string of the molecule is O=c1c2sccc2[nH]c(=S)n1-c1cc(F)ccc1Br. The van der Waals surface area contributed by atoms with Crippen LogP contribution in [0.15, 0.2) is 38.9 Å². The maximum Gasteiger partial charge on any atom is 0.276 e. The van der Waals surface area contributed by atoms with Gasteiger partial charge in [0.2, 0.25) is 0 Å². The quantitative estimate of drug-likeness (QED) is 0.669. The zero-order valence-electron chi connectivity index (χ0n) is 9.31. The molecule has 0 saturated carbocycles. The van der Waals surface area contributed by atoms with Crippen molar-refractivity contribution in [3.63, 3.8) is 0 Å². The van der Waals surface area contributed by atoms with Gasteiger partial charge in [0.25, 0.3) is 5.56 Å². The molecule has 0 fully saturated rings. The van der Waals surface area contributed by atoms with Crippen molar-refractivity contribution in [2.24, 2.45) is 0 Å². The average Bonchev–Trinajstić information content (AvgIpc) is 2.82. The van der Waals surface area contributed by atoms with E-state index < -0.39 is 5.82 Å². The van der Waals surface area contributed by atoms with Crippen molar-refractivity contribution in [2.45, 2.75) is 0 Å². The van der Waals surface area contributed by atoms with E-state index in [2.05, 4.69) is 20.9 Å². The largest absolute Gasteiger partial charge is 0.331 e. The molecular formula is C12H6BrFN2OS2. The predicted molar refractivity (Wildman–Crippen MR) is 80.3 cm³/mol. The number of aromatic amines is 1. The van der Waals surface area contributed by atoms with Gasteiger partial charge in [-0.2, -0.15) is 0 Å². The summed E-state index contributed by atoms with van der Waals surface area (Å²) in [5, 5.41) is 1.81. The summed E-state index contributed by atoms with van der Waals surface area (Å²) in [7, 11) is 0. The smallest absolute Gasteiger partial charge is 0.276 e. The average molecular weight is 357 g/mol. The van der Waals surface area contributed by atoms with Gasteiger partial charge in [-0.05, 0) is 57.8 Å². The second-order valence-corrected chi connectivity index (χ2v) is 5.99. The van der Waals surface area contributed by atoms with Gasteiger partial charge in [-0.3, -0.25) is 9.36 Å². The monoisotopic (exact) mass is 356 g/mol. The Balaban J connectivity index is 2.46. The summed E-state index contributed by atoms with van der Waals surface area (Å²) in [4.78, 5) is 15.4. The summed E-state index contributed by atoms with van der Waals surface area (Å²) in [5.74, 6) is -0.425. The lowest BCUT2D eigenvalue weighted by molar-refractivity contribution is 0.625. The molecule has 0 bridgehead atoms. The number of halogens is 2. The number of nitrogens with one attached hydrogen (secondary N) is 1. The molecule has 1 aromatic carbocycles. The van der Waals surface area contributed by atoms with Crippen molar-refractivity contribution < 1.29 is 4.39 Å². The Kier molecular flexibility index (Phi) is 3.12. The number of hydrogen-bond acceptors (Lipinski definition) is 3. The minimum atomic E-state index is -0.425. The van der Waals surface area contributed by atoms with E-state index in [1.807, 2.05) is 5.38 Å². The van der Waals surface area contributed by atoms with E-state index in [1.54, 1.807) is 12.1 Å². The Labute approximate surface area is 124 Å². The van der Waals surface area contributed by atoms with Gasteiger partial charge in [0.1, 0.15) is 10.5 Å². The first-order valence-corrected chi connectivity index (χ1v) is 7.34. The lowest BCUT2D eigenvalue weighted by Gasteiger charge is -2.08. The zero-order chi connectivity index (χ0) is 13.6. The maximum absolute atomic E-state index is 13.4. The van der Waals surface area contributed by atoms with Crippen LogP contribution in [0.1, 0.15) is 0 Å². The van der Waals surface area contributed by atoms with Gasteiger partial charge in [-0.15, -0.1) is 11.3 Å². The molecule has 0 unspecified atom stereocenters. The Morgan fingerprint density at radius 1 is 1.37 bits per heavy atom. The lowest BCUT2D eigenvalue weighted by atomic mass is 10.3. The summed E-state index contributed by atoms with van der Waals surface area (Å²) in [6, 6.07) is 5.93. The summed E-state index contributed by atoms with van der Waals surface area (Å²) in [6.45, 7) is 0. The molecule has 0 amide bonds. The third-order valence-electron chi connectivity index (χ3n) is 2.66. The molecule has 1 N–H and O–H groups in total. The van der Waals surface area contributed by atoms with Crippen LogP contribution in [0.3, 0.4) is 0 Å². The highest BCUT2D eigenvalue weighted by Crippen LogP contribution is 2.22. The van der Waals surface area contributed by atoms with Gasteiger partial charge in [0.15, 0.2) is 4.77 Å². The number of thiophene rings is 1. The van der Waals surface area contributed by atoms with Gasteiger partial charge in [0.05, 0.1) is 11.2 Å². The molecule has 3 rings (SSSR count). The standard InChI is InChI=1S/C12H6BrFN2OS2/c13-7-2-1-6(14)5-9(7)16-11(17)10-8(3-4-19-10)15-12(16)18/h1-5H,(H,15,18). The van der Waals surface area contributed by atoms with Gasteiger partial charge >= 0.3 is 0 Å². The fourth-order valence-electron chi connectivity index (χ4n) is 1.81. The third kappa shape index (κ3) is 2.07. The molecular weight excluding hydrogens is 351 g/mol. The van der Waals surface area contributed by atoms with Crippen LogP contribution in [0, 0.1) is 10.6 Å². The Morgan fingerprint density at radius 3 is 2.95 bits per heavy atom. The van der Waals surface area contributed by atoms with E-state index in [0.717, 1.165) is 0 Å². The number of aromatic nitrogens is 2. The fraction of sp³-hybridized carbons (Fsp3) is 0. The maximum atomic E-state index is 13.4. The van der Waals surface area contributed by atoms with Crippen LogP contribution in [0.4, 0.5) is 4.39 Å². The zero-order valence-corrected chi connectivity index (χ0v) is 12.5. The number of rotatable bonds is 1. The second kappa shape index (κ2) is 4.66. The molecule has 0 aliphatic carbocycles. The number of H-pyrrole nitrogens is 1. The molecule has 3 nitrogen and oxygen atoms in total. The number of fused-ring (bicyclic) bond motifs is 1. The highest BCUT2D eigenvalue weighted by atomic mass is 79.9. The van der Waals surface area contributed by atoms with Crippen LogP contribution in [0.2, 0.25) is 0 Å². The molecule has 0 saturated heterocycles. The van der Waals surface area contributed by atoms with Crippen molar-refractivity contribution in [1.82, 2.24) is 9.55 Å². The highest BCUT2D eigenvalue weighted by molar-refractivity contribution is 9.10. The van der Waals surface area contributed by atoms with Crippen molar-refractivity contribution in [3.05, 3.63) is 55.1 Å². The Bertz CT molecular complexity index is 897. The van der Waals surface area contributed by atoms with Crippen LogP contribution in [0.5, 0.6) is 0 Å². The fourth-order valence-corrected chi connectivity index (χ4v) is 3.31. The first-order chi connectivity index (χ1) is 9.08. The molecule has 0 atom stereocenters. The number of benzene rings is 1. The summed E-state index contributed by atoms with van der Waals surface area (Å²) in [5.41, 5.74) is 0.838. The highest BCUT2D eigenvalue weighted by Gasteiger charge is 2.11. The Hall–Kier alpha value is -1.31. The number of hydrogen-bond donors (Lipinski definition) is 1. The topological polar surface area (TPSA) is 37.8 Å². The van der Waals surface area contributed by atoms with Gasteiger partial charge < -0.3 is 4.98 Å². The molecule has 2 heterocycles. The first-order valence-electron chi connectivity index (χ1n) is 5.26. The summed E-state index contributed by atoms with van der Waals surface area (Å²) < 4.78 is 16.1. The van der Waals surface area contributed by atoms with E-state index in [9.17, 15) is 9.18 Å². The third-order valence-corrected chi connectivity index (χ3v) is 4.51. The molecule has 7 heteroatoms. The molecule has 0 aliphatic rings. The minimum absolute atomic E-state index is 0.238. The molecule has 19 heavy (non-hydrogen) atoms. The molecule has 0 aliphatic heterocycles. The van der Waals surface area contributed by atoms with Crippen LogP contribution < -0.4 is 5.56 Å². The normalized spacial score (nSPS) is 11.1. The van der Waals surface area contributed by atoms with Crippen molar-refractivity contribution >= 4 is 49.7 Å². The molecule has 3 aromatic rings. The number of nitrogens with zero attached hydrogens (tertiary/aromatic N) is 1. The molecule has 0 spiro atoms. The van der Waals surface area contributed by atoms with Gasteiger partial charge in [-0.25, -0.2) is 4.39 Å². The van der Waals surface area contributed by atoms with E-state index in [4.69, 9.17) is 12.2 Å². The summed E-state index contributed by atoms with van der Waals surface area (Å²) in [6.07, 6.45) is 0. The van der Waals surface area contributed by atoms with E-state index >= 15 is 0 Å². The van der Waals surface area contributed by atoms with E-state index in [1.165, 1.54) is 28.0 Å². The summed E-state index contributed by atoms with van der Waals surface area (Å²) >= 11 is 9.82. The van der Waals surface area contributed by atoms with Crippen LogP contribution in [0.25, 0.3) is 15.9 Å². The lowest BCUT2D eigenvalue weighted by Crippen LogP contribution is -2.20.